The zero-order valence-corrected chi connectivity index (χ0v) is 56.0. The number of aromatic carboxylic acids is 6. The molecule has 0 bridgehead atoms. The molecule has 0 aliphatic heterocycles. The summed E-state index contributed by atoms with van der Waals surface area (Å²) in [5.74, 6) is -10.1. The van der Waals surface area contributed by atoms with Crippen LogP contribution in [0.2, 0.25) is 0 Å². The molecule has 100 heavy (non-hydrogen) atoms. The maximum atomic E-state index is 10.6. The highest BCUT2D eigenvalue weighted by Crippen LogP contribution is 2.32. The van der Waals surface area contributed by atoms with Crippen molar-refractivity contribution in [2.45, 2.75) is 177 Å². The number of carboxylic acid groups (broad SMARTS) is 8. The van der Waals surface area contributed by atoms with Crippen LogP contribution in [0.15, 0.2) is 115 Å². The molecular weight excluding hydrogens is 1310 g/mol. The predicted octanol–water partition coefficient (Wildman–Crippen LogP) is 16.7. The molecule has 12 N–H and O–H groups in total. The Balaban J connectivity index is -0.00000108. The fourth-order valence-corrected chi connectivity index (χ4v) is 8.23. The molecule has 0 fully saturated rings. The zero-order chi connectivity index (χ0) is 75.7. The molecule has 6 rings (SSSR count). The number of rotatable bonds is 29. The van der Waals surface area contributed by atoms with Gasteiger partial charge in [-0.15, -0.1) is 0 Å². The van der Waals surface area contributed by atoms with Gasteiger partial charge in [-0.05, 0) is 112 Å². The number of nitro benzene ring substituents is 3. The normalized spacial score (nSPS) is 9.66. The van der Waals surface area contributed by atoms with Gasteiger partial charge >= 0.3 is 59.1 Å². The van der Waals surface area contributed by atoms with Crippen molar-refractivity contribution in [2.75, 3.05) is 0 Å². The van der Waals surface area contributed by atoms with Crippen LogP contribution in [0.4, 0.5) is 17.1 Å². The second-order valence-corrected chi connectivity index (χ2v) is 21.8. The molecule has 29 heteroatoms. The zero-order valence-electron chi connectivity index (χ0n) is 56.0. The molecule has 0 spiro atoms. The number of aryl methyl sites for hydroxylation is 4. The van der Waals surface area contributed by atoms with Gasteiger partial charge in [-0.1, -0.05) is 166 Å². The molecular formula is C71H93N3O26. The van der Waals surface area contributed by atoms with Crippen molar-refractivity contribution < 1.29 is 114 Å². The molecule has 0 aliphatic rings. The summed E-state index contributed by atoms with van der Waals surface area (Å²) in [5.41, 5.74) is 0.363. The van der Waals surface area contributed by atoms with E-state index in [1.165, 1.54) is 164 Å². The number of hydrogen-bond donors (Lipinski definition) is 12. The highest BCUT2D eigenvalue weighted by atomic mass is 16.6. The number of phenolic OH excluding ortho intramolecular Hbond substituents is 1. The summed E-state index contributed by atoms with van der Waals surface area (Å²) in [6, 6.07) is 26.5. The number of aromatic hydroxyl groups is 4. The van der Waals surface area contributed by atoms with E-state index in [-0.39, 0.29) is 41.3 Å². The van der Waals surface area contributed by atoms with E-state index in [1.54, 1.807) is 43.3 Å². The van der Waals surface area contributed by atoms with Gasteiger partial charge < -0.3 is 61.3 Å². The summed E-state index contributed by atoms with van der Waals surface area (Å²) >= 11 is 0. The Hall–Kier alpha value is -11.5. The van der Waals surface area contributed by atoms with E-state index < -0.39 is 96.5 Å². The Morgan fingerprint density at radius 1 is 0.340 bits per heavy atom. The predicted molar refractivity (Wildman–Crippen MR) is 372 cm³/mol. The molecule has 0 radical (unpaired) electrons. The maximum absolute atomic E-state index is 10.6. The number of nitrogens with zero attached hydrogens (tertiary/aromatic N) is 3. The fraction of sp³-hybridized carbons (Fsp3) is 0.380. The van der Waals surface area contributed by atoms with E-state index in [0.29, 0.717) is 35.1 Å². The first-order valence-electron chi connectivity index (χ1n) is 31.2. The minimum Gasteiger partial charge on any atom is -0.508 e. The SMILES string of the molecule is C.CCCCCCCCCCC(=O)O.CCCCCCCCCCCCC(=O)O.Cc1cc(C(=O)O)c(O)c([N+](=O)[O-])c1.Cc1cc(C(=O)O)c(O)c([N+](=O)[O-])c1.Cc1ccc(C(=O)O)cc1.Cc1ccc(C(=O)O)cc1[N+](=O)[O-].O=C(O)c1cccc(O)c1.O=C(O)c1ccccc1O. The molecule has 0 aliphatic carbocycles. The van der Waals surface area contributed by atoms with Crippen molar-refractivity contribution >= 4 is 64.8 Å². The highest BCUT2D eigenvalue weighted by molar-refractivity contribution is 5.94. The van der Waals surface area contributed by atoms with Crippen molar-refractivity contribution in [2.24, 2.45) is 0 Å². The lowest BCUT2D eigenvalue weighted by molar-refractivity contribution is -0.386. The number of para-hydroxylation sites is 1. The van der Waals surface area contributed by atoms with Crippen LogP contribution >= 0.6 is 0 Å². The first kappa shape index (κ1) is 92.7. The van der Waals surface area contributed by atoms with E-state index in [1.807, 2.05) is 6.92 Å². The number of nitro groups is 3. The van der Waals surface area contributed by atoms with Crippen LogP contribution in [0.5, 0.6) is 23.0 Å². The Labute approximate surface area is 578 Å². The third kappa shape index (κ3) is 42.1. The number of aliphatic carboxylic acids is 2. The van der Waals surface area contributed by atoms with Gasteiger partial charge in [0.15, 0.2) is 0 Å². The molecule has 29 nitrogen and oxygen atoms in total. The molecule has 0 saturated heterocycles. The van der Waals surface area contributed by atoms with Crippen LogP contribution in [0, 0.1) is 58.0 Å². The Bertz CT molecular complexity index is 3420. The average molecular weight is 1400 g/mol. The quantitative estimate of drug-likeness (QED) is 0.0118. The molecule has 0 amide bonds. The Morgan fingerprint density at radius 2 is 0.680 bits per heavy atom. The number of benzene rings is 6. The Morgan fingerprint density at radius 3 is 0.980 bits per heavy atom. The van der Waals surface area contributed by atoms with Crippen LogP contribution < -0.4 is 0 Å². The molecule has 6 aromatic carbocycles. The van der Waals surface area contributed by atoms with Gasteiger partial charge in [0.2, 0.25) is 11.5 Å². The summed E-state index contributed by atoms with van der Waals surface area (Å²) in [5, 5.41) is 135. The smallest absolute Gasteiger partial charge is 0.339 e. The monoisotopic (exact) mass is 1400 g/mol. The summed E-state index contributed by atoms with van der Waals surface area (Å²) in [6.45, 7) is 11.0. The number of unbranched alkanes of at least 4 members (excludes halogenated alkanes) is 16. The van der Waals surface area contributed by atoms with Crippen LogP contribution in [0.3, 0.4) is 0 Å². The van der Waals surface area contributed by atoms with Gasteiger partial charge in [0.25, 0.3) is 5.69 Å². The lowest BCUT2D eigenvalue weighted by atomic mass is 10.1. The molecule has 0 heterocycles. The minimum atomic E-state index is -1.39. The standard InChI is InChI=1S/C13H26O2.C11H22O2.2C8H7NO5.C8H7NO4.C8H8O2.2C7H6O3.CH4/c1-2-3-4-5-6-7-8-9-10-11-12-13(14)15;1-2-3-4-5-6-7-8-9-10-11(12)13;2*1-4-2-5(8(11)12)7(10)6(3-4)9(13)14;1-5-2-3-6(8(10)11)4-7(5)9(12)13;1-6-2-4-7(5-3-6)8(9)10;8-6-3-1-2-5(4-6)7(9)10;8-6-4-2-1-3-5(6)7(9)10;/h2-12H2,1H3,(H,14,15);2-10H2,1H3,(H,12,13);2*2-3,10H,1H3,(H,11,12);2-4H,1H3,(H,10,11);2-5H,1H3,(H,9,10);2*1-4,8H,(H,9,10);1H4. The molecule has 6 aromatic rings. The van der Waals surface area contributed by atoms with Gasteiger partial charge in [0.05, 0.1) is 31.5 Å². The summed E-state index contributed by atoms with van der Waals surface area (Å²) in [7, 11) is 0. The first-order chi connectivity index (χ1) is 46.5. The van der Waals surface area contributed by atoms with E-state index in [4.69, 9.17) is 51.1 Å². The lowest BCUT2D eigenvalue weighted by Gasteiger charge is -2.01. The summed E-state index contributed by atoms with van der Waals surface area (Å²) < 4.78 is 0. The Kier molecular flexibility index (Phi) is 48.8. The fourth-order valence-electron chi connectivity index (χ4n) is 8.23. The maximum Gasteiger partial charge on any atom is 0.339 e. The molecule has 0 saturated carbocycles. The van der Waals surface area contributed by atoms with Crippen molar-refractivity contribution in [1.29, 1.82) is 0 Å². The third-order valence-electron chi connectivity index (χ3n) is 13.5. The summed E-state index contributed by atoms with van der Waals surface area (Å²) in [4.78, 5) is 112. The number of hydrogen-bond acceptors (Lipinski definition) is 18. The number of phenols is 4. The molecule has 0 atom stereocenters. The summed E-state index contributed by atoms with van der Waals surface area (Å²) in [6.07, 6.45) is 23.0. The van der Waals surface area contributed by atoms with Crippen LogP contribution in [-0.2, 0) is 9.59 Å². The van der Waals surface area contributed by atoms with E-state index in [2.05, 4.69) is 13.8 Å². The second-order valence-electron chi connectivity index (χ2n) is 21.8. The van der Waals surface area contributed by atoms with E-state index in [0.717, 1.165) is 49.4 Å². The van der Waals surface area contributed by atoms with Gasteiger partial charge in [-0.2, -0.15) is 0 Å². The highest BCUT2D eigenvalue weighted by Gasteiger charge is 2.23. The second kappa shape index (κ2) is 52.6. The van der Waals surface area contributed by atoms with Crippen molar-refractivity contribution in [3.05, 3.63) is 201 Å². The molecule has 0 unspecified atom stereocenters. The number of carboxylic acids is 8. The van der Waals surface area contributed by atoms with Gasteiger partial charge in [0, 0.05) is 36.6 Å². The lowest BCUT2D eigenvalue weighted by Crippen LogP contribution is -2.00. The topological polar surface area (TPSA) is 509 Å². The van der Waals surface area contributed by atoms with Crippen LogP contribution in [0.25, 0.3) is 0 Å². The van der Waals surface area contributed by atoms with E-state index in [9.17, 15) is 78.9 Å². The minimum absolute atomic E-state index is 0. The van der Waals surface area contributed by atoms with Crippen LogP contribution in [0.1, 0.15) is 234 Å². The van der Waals surface area contributed by atoms with Crippen molar-refractivity contribution in [3.8, 4) is 23.0 Å². The van der Waals surface area contributed by atoms with Gasteiger partial charge in [-0.3, -0.25) is 39.9 Å². The molecule has 0 aromatic heterocycles. The van der Waals surface area contributed by atoms with Crippen molar-refractivity contribution in [3.63, 3.8) is 0 Å². The third-order valence-corrected chi connectivity index (χ3v) is 13.5. The van der Waals surface area contributed by atoms with Gasteiger partial charge in [-0.25, -0.2) is 28.8 Å². The number of carbonyl (C=O) groups is 8. The average Bonchev–Trinajstić information content (AvgIpc) is 0.834. The van der Waals surface area contributed by atoms with Crippen molar-refractivity contribution in [1.82, 2.24) is 0 Å². The van der Waals surface area contributed by atoms with E-state index >= 15 is 0 Å². The van der Waals surface area contributed by atoms with Gasteiger partial charge in [0.1, 0.15) is 28.2 Å². The van der Waals surface area contributed by atoms with Crippen LogP contribution in [-0.4, -0.2) is 124 Å². The largest absolute Gasteiger partial charge is 0.508 e. The first-order valence-corrected chi connectivity index (χ1v) is 31.2. The molecule has 548 valence electrons.